The number of hydrogen-bond donors (Lipinski definition) is 1. The Morgan fingerprint density at radius 2 is 2.00 bits per heavy atom. The van der Waals surface area contributed by atoms with E-state index in [0.717, 1.165) is 0 Å². The largest absolute Gasteiger partial charge is 0.424 e. The standard InChI is InChI=1S/C7H6Cl2O3P/c1-13(10,11)12-5-2-3-6(8)7(9)4-5/h2-4H,1H2,(H,10,11). The molecule has 0 amide bonds. The smallest absolute Gasteiger partial charge is 0.377 e. The molecule has 0 aromatic heterocycles. The molecule has 0 aliphatic heterocycles. The fraction of sp³-hybridized carbons (Fsp3) is 0. The average Bonchev–Trinajstić information content (AvgIpc) is 1.94. The van der Waals surface area contributed by atoms with Crippen molar-refractivity contribution in [2.45, 2.75) is 0 Å². The minimum Gasteiger partial charge on any atom is -0.424 e. The van der Waals surface area contributed by atoms with Crippen molar-refractivity contribution >= 4 is 30.8 Å². The van der Waals surface area contributed by atoms with Gasteiger partial charge in [-0.2, -0.15) is 0 Å². The van der Waals surface area contributed by atoms with Gasteiger partial charge in [0.1, 0.15) is 5.75 Å². The maximum Gasteiger partial charge on any atom is 0.377 e. The highest BCUT2D eigenvalue weighted by molar-refractivity contribution is 7.54. The van der Waals surface area contributed by atoms with Gasteiger partial charge in [0.05, 0.1) is 16.7 Å². The average molecular weight is 240 g/mol. The summed E-state index contributed by atoms with van der Waals surface area (Å²) in [5.41, 5.74) is 0. The van der Waals surface area contributed by atoms with Crippen LogP contribution in [0.4, 0.5) is 0 Å². The van der Waals surface area contributed by atoms with Crippen molar-refractivity contribution in [1.82, 2.24) is 0 Å². The van der Waals surface area contributed by atoms with Gasteiger partial charge in [0.25, 0.3) is 0 Å². The quantitative estimate of drug-likeness (QED) is 0.806. The molecule has 0 heterocycles. The zero-order chi connectivity index (χ0) is 10.1. The lowest BCUT2D eigenvalue weighted by molar-refractivity contribution is 0.391. The van der Waals surface area contributed by atoms with Crippen LogP contribution in [0, 0.1) is 6.66 Å². The van der Waals surface area contributed by atoms with Gasteiger partial charge >= 0.3 is 7.60 Å². The summed E-state index contributed by atoms with van der Waals surface area (Å²) in [6.45, 7) is 2.93. The van der Waals surface area contributed by atoms with Gasteiger partial charge in [-0.15, -0.1) is 0 Å². The molecule has 0 saturated carbocycles. The van der Waals surface area contributed by atoms with Gasteiger partial charge in [-0.25, -0.2) is 4.57 Å². The van der Waals surface area contributed by atoms with Crippen LogP contribution in [0.1, 0.15) is 0 Å². The molecule has 13 heavy (non-hydrogen) atoms. The fourth-order valence-electron chi connectivity index (χ4n) is 0.698. The van der Waals surface area contributed by atoms with Crippen LogP contribution in [0.5, 0.6) is 5.75 Å². The molecule has 0 fully saturated rings. The number of halogens is 2. The van der Waals surface area contributed by atoms with E-state index >= 15 is 0 Å². The van der Waals surface area contributed by atoms with Crippen LogP contribution >= 0.6 is 30.8 Å². The van der Waals surface area contributed by atoms with Crippen molar-refractivity contribution in [3.63, 3.8) is 0 Å². The van der Waals surface area contributed by atoms with E-state index in [0.29, 0.717) is 5.02 Å². The maximum atomic E-state index is 10.7. The fourth-order valence-corrected chi connectivity index (χ4v) is 1.43. The molecule has 0 aliphatic rings. The minimum absolute atomic E-state index is 0.162. The van der Waals surface area contributed by atoms with E-state index in [-0.39, 0.29) is 10.8 Å². The van der Waals surface area contributed by atoms with Crippen molar-refractivity contribution in [3.05, 3.63) is 34.9 Å². The Morgan fingerprint density at radius 1 is 1.38 bits per heavy atom. The molecule has 6 heteroatoms. The lowest BCUT2D eigenvalue weighted by Crippen LogP contribution is -1.87. The van der Waals surface area contributed by atoms with Gasteiger partial charge in [-0.1, -0.05) is 23.2 Å². The van der Waals surface area contributed by atoms with Crippen LogP contribution in [0.2, 0.25) is 10.0 Å². The first-order valence-corrected chi connectivity index (χ1v) is 5.72. The molecule has 3 nitrogen and oxygen atoms in total. The van der Waals surface area contributed by atoms with E-state index in [4.69, 9.17) is 28.1 Å². The SMILES string of the molecule is [CH2]P(=O)(O)Oc1ccc(Cl)c(Cl)c1. The second-order valence-electron chi connectivity index (χ2n) is 2.30. The molecule has 0 aliphatic carbocycles. The lowest BCUT2D eigenvalue weighted by atomic mass is 10.3. The summed E-state index contributed by atoms with van der Waals surface area (Å²) in [6.07, 6.45) is 0. The Bertz CT molecular complexity index is 361. The van der Waals surface area contributed by atoms with Crippen molar-refractivity contribution in [1.29, 1.82) is 0 Å². The van der Waals surface area contributed by atoms with Crippen LogP contribution in [0.15, 0.2) is 18.2 Å². The molecule has 0 bridgehead atoms. The Morgan fingerprint density at radius 3 is 2.46 bits per heavy atom. The van der Waals surface area contributed by atoms with Crippen LogP contribution in [-0.2, 0) is 4.57 Å². The van der Waals surface area contributed by atoms with E-state index in [1.54, 1.807) is 0 Å². The molecule has 1 unspecified atom stereocenters. The van der Waals surface area contributed by atoms with E-state index in [9.17, 15) is 4.57 Å². The first kappa shape index (κ1) is 10.9. The molecule has 1 N–H and O–H groups in total. The van der Waals surface area contributed by atoms with E-state index in [2.05, 4.69) is 11.2 Å². The predicted molar refractivity (Wildman–Crippen MR) is 52.3 cm³/mol. The summed E-state index contributed by atoms with van der Waals surface area (Å²) in [5.74, 6) is 0.162. The highest BCUT2D eigenvalue weighted by Crippen LogP contribution is 2.41. The van der Waals surface area contributed by atoms with Gasteiger partial charge < -0.3 is 9.42 Å². The molecule has 1 aromatic rings. The van der Waals surface area contributed by atoms with Gasteiger partial charge in [0, 0.05) is 6.07 Å². The van der Waals surface area contributed by atoms with Crippen LogP contribution in [-0.4, -0.2) is 4.89 Å². The summed E-state index contributed by atoms with van der Waals surface area (Å²) in [7, 11) is -3.77. The highest BCUT2D eigenvalue weighted by Gasteiger charge is 2.12. The van der Waals surface area contributed by atoms with E-state index in [1.165, 1.54) is 18.2 Å². The number of benzene rings is 1. The Labute approximate surface area is 85.8 Å². The maximum absolute atomic E-state index is 10.7. The Balaban J connectivity index is 2.92. The zero-order valence-electron chi connectivity index (χ0n) is 6.41. The molecule has 1 rings (SSSR count). The molecule has 0 spiro atoms. The van der Waals surface area contributed by atoms with Crippen molar-refractivity contribution < 1.29 is 14.0 Å². The second kappa shape index (κ2) is 3.89. The predicted octanol–water partition coefficient (Wildman–Crippen LogP) is 3.35. The number of hydrogen-bond acceptors (Lipinski definition) is 2. The highest BCUT2D eigenvalue weighted by atomic mass is 35.5. The van der Waals surface area contributed by atoms with Crippen molar-refractivity contribution in [2.24, 2.45) is 0 Å². The van der Waals surface area contributed by atoms with Crippen LogP contribution in [0.25, 0.3) is 0 Å². The molecule has 1 atom stereocenters. The summed E-state index contributed by atoms with van der Waals surface area (Å²) in [6, 6.07) is 4.25. The molecule has 1 radical (unpaired) electrons. The summed E-state index contributed by atoms with van der Waals surface area (Å²) < 4.78 is 15.3. The van der Waals surface area contributed by atoms with Gasteiger partial charge in [-0.05, 0) is 12.1 Å². The monoisotopic (exact) mass is 239 g/mol. The topological polar surface area (TPSA) is 46.5 Å². The normalized spacial score (nSPS) is 15.1. The zero-order valence-corrected chi connectivity index (χ0v) is 8.81. The first-order valence-electron chi connectivity index (χ1n) is 3.20. The van der Waals surface area contributed by atoms with Crippen molar-refractivity contribution in [3.8, 4) is 5.75 Å². The first-order chi connectivity index (χ1) is 5.88. The second-order valence-corrected chi connectivity index (χ2v) is 4.58. The lowest BCUT2D eigenvalue weighted by Gasteiger charge is -2.08. The summed E-state index contributed by atoms with van der Waals surface area (Å²) >= 11 is 11.3. The van der Waals surface area contributed by atoms with Crippen LogP contribution in [0.3, 0.4) is 0 Å². The summed E-state index contributed by atoms with van der Waals surface area (Å²) in [5, 5.41) is 0.610. The summed E-state index contributed by atoms with van der Waals surface area (Å²) in [4.78, 5) is 8.78. The van der Waals surface area contributed by atoms with E-state index < -0.39 is 7.60 Å². The third-order valence-electron chi connectivity index (χ3n) is 1.14. The third kappa shape index (κ3) is 3.57. The van der Waals surface area contributed by atoms with Gasteiger partial charge in [0.2, 0.25) is 0 Å². The van der Waals surface area contributed by atoms with Gasteiger partial charge in [-0.3, -0.25) is 0 Å². The molecular weight excluding hydrogens is 234 g/mol. The Hall–Kier alpha value is -0.210. The molecular formula is C7H6Cl2O3P. The Kier molecular flexibility index (Phi) is 3.25. The van der Waals surface area contributed by atoms with Crippen LogP contribution < -0.4 is 4.52 Å². The van der Waals surface area contributed by atoms with E-state index in [1.807, 2.05) is 0 Å². The number of rotatable bonds is 2. The van der Waals surface area contributed by atoms with Crippen molar-refractivity contribution in [2.75, 3.05) is 0 Å². The van der Waals surface area contributed by atoms with Gasteiger partial charge in [0.15, 0.2) is 0 Å². The minimum atomic E-state index is -3.77. The molecule has 71 valence electrons. The molecule has 0 saturated heterocycles. The molecule has 1 aromatic carbocycles. The third-order valence-corrected chi connectivity index (χ3v) is 2.37.